The molecule has 0 aliphatic heterocycles. The van der Waals surface area contributed by atoms with Crippen LogP contribution < -0.4 is 10.9 Å². The van der Waals surface area contributed by atoms with Crippen LogP contribution in [0.1, 0.15) is 38.8 Å². The van der Waals surface area contributed by atoms with Gasteiger partial charge in [0, 0.05) is 17.8 Å². The van der Waals surface area contributed by atoms with Crippen molar-refractivity contribution in [2.45, 2.75) is 51.2 Å². The quantitative estimate of drug-likeness (QED) is 0.660. The van der Waals surface area contributed by atoms with Gasteiger partial charge in [0.2, 0.25) is 5.91 Å². The van der Waals surface area contributed by atoms with Crippen molar-refractivity contribution in [1.29, 1.82) is 0 Å². The highest BCUT2D eigenvalue weighted by Gasteiger charge is 2.27. The summed E-state index contributed by atoms with van der Waals surface area (Å²) in [6.07, 6.45) is 3.48. The van der Waals surface area contributed by atoms with E-state index in [-0.39, 0.29) is 23.3 Å². The number of H-pyrrole nitrogens is 1. The Balaban J connectivity index is 1.86. The summed E-state index contributed by atoms with van der Waals surface area (Å²) in [5.74, 6) is 1.47. The molecule has 1 fully saturated rings. The van der Waals surface area contributed by atoms with E-state index < -0.39 is 0 Å². The molecule has 116 valence electrons. The van der Waals surface area contributed by atoms with Crippen molar-refractivity contribution in [3.63, 3.8) is 0 Å². The number of aryl methyl sites for hydroxylation is 1. The molecule has 1 amide bonds. The zero-order valence-electron chi connectivity index (χ0n) is 12.8. The monoisotopic (exact) mass is 309 g/mol. The molecule has 0 bridgehead atoms. The number of rotatable bonds is 4. The summed E-state index contributed by atoms with van der Waals surface area (Å²) in [6.45, 7) is 6.23. The highest BCUT2D eigenvalue weighted by Crippen LogP contribution is 2.29. The lowest BCUT2D eigenvalue weighted by atomic mass is 9.78. The lowest BCUT2D eigenvalue weighted by molar-refractivity contribution is -0.120. The number of hydrogen-bond donors (Lipinski definition) is 2. The normalized spacial score (nSPS) is 25.6. The molecule has 6 heteroatoms. The Hall–Kier alpha value is -1.30. The molecule has 1 aromatic heterocycles. The number of aromatic nitrogens is 2. The summed E-state index contributed by atoms with van der Waals surface area (Å²) >= 11 is 1.27. The maximum Gasteiger partial charge on any atom is 0.251 e. The minimum Gasteiger partial charge on any atom is -0.352 e. The SMILES string of the molecule is Cc1cc(=O)[nH]c(SCC(=O)NC2CCCC(C)C2C)n1. The van der Waals surface area contributed by atoms with Crippen molar-refractivity contribution < 1.29 is 4.79 Å². The van der Waals surface area contributed by atoms with Crippen LogP contribution in [-0.2, 0) is 4.79 Å². The number of nitrogens with one attached hydrogen (secondary N) is 2. The Morgan fingerprint density at radius 2 is 2.24 bits per heavy atom. The molecular weight excluding hydrogens is 286 g/mol. The number of amides is 1. The standard InChI is InChI=1S/C15H23N3O2S/c1-9-5-4-6-12(11(9)3)17-14(20)8-21-15-16-10(2)7-13(19)18-15/h7,9,11-12H,4-6,8H2,1-3H3,(H,17,20)(H,16,18,19). The Labute approximate surface area is 129 Å². The van der Waals surface area contributed by atoms with Crippen molar-refractivity contribution in [2.24, 2.45) is 11.8 Å². The largest absolute Gasteiger partial charge is 0.352 e. The Morgan fingerprint density at radius 3 is 2.95 bits per heavy atom. The van der Waals surface area contributed by atoms with E-state index >= 15 is 0 Å². The van der Waals surface area contributed by atoms with Crippen LogP contribution in [0, 0.1) is 18.8 Å². The van der Waals surface area contributed by atoms with E-state index in [1.807, 2.05) is 0 Å². The maximum atomic E-state index is 12.1. The van der Waals surface area contributed by atoms with Gasteiger partial charge in [-0.25, -0.2) is 4.98 Å². The van der Waals surface area contributed by atoms with Gasteiger partial charge in [0.05, 0.1) is 5.75 Å². The molecule has 3 unspecified atom stereocenters. The fourth-order valence-corrected chi connectivity index (χ4v) is 3.52. The Kier molecular flexibility index (Phi) is 5.45. The molecule has 21 heavy (non-hydrogen) atoms. The van der Waals surface area contributed by atoms with E-state index in [9.17, 15) is 9.59 Å². The number of aromatic amines is 1. The topological polar surface area (TPSA) is 74.8 Å². The minimum absolute atomic E-state index is 0.00936. The van der Waals surface area contributed by atoms with E-state index in [1.54, 1.807) is 6.92 Å². The van der Waals surface area contributed by atoms with Crippen LogP contribution in [0.2, 0.25) is 0 Å². The molecule has 0 spiro atoms. The summed E-state index contributed by atoms with van der Waals surface area (Å²) in [5.41, 5.74) is 0.483. The molecule has 0 radical (unpaired) electrons. The number of thioether (sulfide) groups is 1. The van der Waals surface area contributed by atoms with Gasteiger partial charge >= 0.3 is 0 Å². The molecule has 1 aliphatic rings. The van der Waals surface area contributed by atoms with Crippen molar-refractivity contribution in [1.82, 2.24) is 15.3 Å². The third-order valence-electron chi connectivity index (χ3n) is 4.24. The first-order valence-electron chi connectivity index (χ1n) is 7.46. The molecule has 1 aromatic rings. The zero-order chi connectivity index (χ0) is 15.4. The van der Waals surface area contributed by atoms with Gasteiger partial charge in [-0.15, -0.1) is 0 Å². The molecule has 0 aromatic carbocycles. The first kappa shape index (κ1) is 16.1. The molecule has 1 saturated carbocycles. The molecule has 2 rings (SSSR count). The second-order valence-electron chi connectivity index (χ2n) is 5.92. The maximum absolute atomic E-state index is 12.1. The van der Waals surface area contributed by atoms with Gasteiger partial charge in [0.25, 0.3) is 5.56 Å². The summed E-state index contributed by atoms with van der Waals surface area (Å²) in [7, 11) is 0. The molecular formula is C15H23N3O2S. The molecule has 2 N–H and O–H groups in total. The van der Waals surface area contributed by atoms with Crippen LogP contribution >= 0.6 is 11.8 Å². The van der Waals surface area contributed by atoms with Gasteiger partial charge < -0.3 is 10.3 Å². The van der Waals surface area contributed by atoms with Crippen molar-refractivity contribution >= 4 is 17.7 Å². The van der Waals surface area contributed by atoms with Gasteiger partial charge in [-0.2, -0.15) is 0 Å². The van der Waals surface area contributed by atoms with Gasteiger partial charge in [-0.1, -0.05) is 38.5 Å². The van der Waals surface area contributed by atoms with E-state index in [4.69, 9.17) is 0 Å². The predicted molar refractivity (Wildman–Crippen MR) is 84.4 cm³/mol. The lowest BCUT2D eigenvalue weighted by Gasteiger charge is -2.34. The number of nitrogens with zero attached hydrogens (tertiary/aromatic N) is 1. The highest BCUT2D eigenvalue weighted by atomic mass is 32.2. The minimum atomic E-state index is -0.180. The smallest absolute Gasteiger partial charge is 0.251 e. The van der Waals surface area contributed by atoms with Gasteiger partial charge in [-0.3, -0.25) is 9.59 Å². The molecule has 1 aliphatic carbocycles. The van der Waals surface area contributed by atoms with E-state index in [1.165, 1.54) is 30.7 Å². The van der Waals surface area contributed by atoms with Crippen molar-refractivity contribution in [3.8, 4) is 0 Å². The zero-order valence-corrected chi connectivity index (χ0v) is 13.6. The highest BCUT2D eigenvalue weighted by molar-refractivity contribution is 7.99. The predicted octanol–water partition coefficient (Wildman–Crippen LogP) is 2.11. The summed E-state index contributed by atoms with van der Waals surface area (Å²) in [4.78, 5) is 30.2. The van der Waals surface area contributed by atoms with Crippen LogP contribution in [0.15, 0.2) is 16.0 Å². The van der Waals surface area contributed by atoms with Gasteiger partial charge in [0.15, 0.2) is 5.16 Å². The van der Waals surface area contributed by atoms with E-state index in [0.717, 1.165) is 6.42 Å². The van der Waals surface area contributed by atoms with Crippen LogP contribution in [0.25, 0.3) is 0 Å². The van der Waals surface area contributed by atoms with Crippen LogP contribution in [-0.4, -0.2) is 27.7 Å². The molecule has 0 saturated heterocycles. The molecule has 1 heterocycles. The number of carbonyl (C=O) groups excluding carboxylic acids is 1. The fourth-order valence-electron chi connectivity index (χ4n) is 2.79. The third-order valence-corrected chi connectivity index (χ3v) is 5.11. The second kappa shape index (κ2) is 7.11. The third kappa shape index (κ3) is 4.59. The number of carbonyl (C=O) groups is 1. The number of hydrogen-bond acceptors (Lipinski definition) is 4. The first-order chi connectivity index (χ1) is 9.95. The van der Waals surface area contributed by atoms with Crippen LogP contribution in [0.3, 0.4) is 0 Å². The average molecular weight is 309 g/mol. The molecule has 3 atom stereocenters. The van der Waals surface area contributed by atoms with Gasteiger partial charge in [-0.05, 0) is 25.2 Å². The lowest BCUT2D eigenvalue weighted by Crippen LogP contribution is -2.44. The van der Waals surface area contributed by atoms with Crippen molar-refractivity contribution in [3.05, 3.63) is 22.1 Å². The Morgan fingerprint density at radius 1 is 1.48 bits per heavy atom. The van der Waals surface area contributed by atoms with E-state index in [2.05, 4.69) is 29.1 Å². The summed E-state index contributed by atoms with van der Waals surface area (Å²) < 4.78 is 0. The fraction of sp³-hybridized carbons (Fsp3) is 0.667. The van der Waals surface area contributed by atoms with E-state index in [0.29, 0.717) is 22.7 Å². The van der Waals surface area contributed by atoms with Crippen molar-refractivity contribution in [2.75, 3.05) is 5.75 Å². The average Bonchev–Trinajstić information content (AvgIpc) is 2.41. The first-order valence-corrected chi connectivity index (χ1v) is 8.44. The summed E-state index contributed by atoms with van der Waals surface area (Å²) in [5, 5.41) is 3.62. The van der Waals surface area contributed by atoms with Gasteiger partial charge in [0.1, 0.15) is 0 Å². The second-order valence-corrected chi connectivity index (χ2v) is 6.89. The summed E-state index contributed by atoms with van der Waals surface area (Å²) in [6, 6.07) is 1.71. The van der Waals surface area contributed by atoms with Crippen LogP contribution in [0.5, 0.6) is 0 Å². The Bertz CT molecular complexity index is 558. The van der Waals surface area contributed by atoms with Crippen LogP contribution in [0.4, 0.5) is 0 Å². The molecule has 5 nitrogen and oxygen atoms in total.